The molecule has 2 aromatic carbocycles. The Morgan fingerprint density at radius 3 is 2.32 bits per heavy atom. The summed E-state index contributed by atoms with van der Waals surface area (Å²) in [5.74, 6) is -6.58. The fourth-order valence-electron chi connectivity index (χ4n) is 12.2. The number of hydrogen-bond acceptors (Lipinski definition) is 17. The number of urea groups is 1. The second-order valence-electron chi connectivity index (χ2n) is 25.2. The van der Waals surface area contributed by atoms with Gasteiger partial charge in [0.05, 0.1) is 53.9 Å². The number of epoxide rings is 1. The van der Waals surface area contributed by atoms with Crippen molar-refractivity contribution in [2.45, 2.75) is 180 Å². The Labute approximate surface area is 553 Å². The van der Waals surface area contributed by atoms with Crippen LogP contribution in [-0.4, -0.2) is 175 Å². The van der Waals surface area contributed by atoms with E-state index in [4.69, 9.17) is 64.8 Å². The van der Waals surface area contributed by atoms with Crippen molar-refractivity contribution in [3.8, 4) is 5.75 Å². The third-order valence-corrected chi connectivity index (χ3v) is 19.2. The monoisotopic (exact) mass is 1340 g/mol. The second-order valence-corrected chi connectivity index (χ2v) is 26.5. The van der Waals surface area contributed by atoms with Crippen LogP contribution in [0, 0.1) is 23.7 Å². The number of aliphatic hydroxyl groups is 1. The molecule has 26 heteroatoms. The van der Waals surface area contributed by atoms with Gasteiger partial charge in [0.1, 0.15) is 46.3 Å². The van der Waals surface area contributed by atoms with Gasteiger partial charge in [0, 0.05) is 78.4 Å². The number of Topliss-reactive ketones (excluding diaryl/α,β-unsaturated/α-hetero) is 1. The SMILES string of the molecule is CNC(=O)c1c(CC(=O)[C@H](CCCNC(N)=O)NC(=O)[C@@H](CC(=S)CCCCCN2C(=O)CC(C)C2=O)C(C)C)ccc(C(=O)N(C)[C@@H](C)C(=O)O[C@H]2CC(=O)N(C)c3cc(cc(OC)c3Cl)C/C(C)=C/C=C/[C@@H](OC)[C@]3(O)CC(=O)O[C@@H](C3)[C@@H](C)[C@@H]3O[C@@]23C)c1Cl. The molecule has 23 nitrogen and oxygen atoms in total. The van der Waals surface area contributed by atoms with Crippen molar-refractivity contribution >= 4 is 105 Å². The number of likely N-dealkylation sites (tertiary alicyclic amines) is 1. The predicted octanol–water partition coefficient (Wildman–Crippen LogP) is 7.12. The van der Waals surface area contributed by atoms with E-state index in [1.807, 2.05) is 26.8 Å². The highest BCUT2D eigenvalue weighted by molar-refractivity contribution is 7.80. The number of ketones is 1. The van der Waals surface area contributed by atoms with Crippen molar-refractivity contribution in [3.63, 3.8) is 0 Å². The highest BCUT2D eigenvalue weighted by Crippen LogP contribution is 2.50. The lowest BCUT2D eigenvalue weighted by Crippen LogP contribution is -2.53. The maximum atomic E-state index is 14.6. The molecule has 6 rings (SSSR count). The topological polar surface area (TPSA) is 312 Å². The molecule has 6 N–H and O–H groups in total. The molecule has 0 aromatic heterocycles. The standard InChI is InChI=1S/C66H89Cl2N7O16S/c1-35(2)44(31-42(92)19-14-13-15-25-75-53(78)27-37(4)61(75)82)59(80)72-45(20-17-24-71-64(69)85)47(76)30-41-22-23-43(56(67)55(41)60(81)70-8)62(83)73(9)39(6)63(84)90-51-32-52(77)74(10)46-28-40(29-48(87-11)57(46)68)26-36(3)18-16-21-50(88-12)66(86)33-49(89-54(79)34-66)38(5)58-65(51,7)91-58/h16,18,21-23,28-29,35,37-39,44-45,49-51,58,86H,13-15,17,19-20,24-27,30-34H2,1-12H3,(H,70,81)(H,72,80)(H3,69,71,85)/b21-16+,36-18+/t37?,38-,39+,44+,45+,49+,50-,51+,58+,65+,66-/m1/s1. The van der Waals surface area contributed by atoms with Crippen LogP contribution in [0.15, 0.2) is 48.1 Å². The number of carbonyl (C=O) groups is 10. The molecule has 3 fully saturated rings. The Kier molecular flexibility index (Phi) is 26.1. The van der Waals surface area contributed by atoms with E-state index in [0.717, 1.165) is 16.0 Å². The maximum absolute atomic E-state index is 14.6. The number of hydrogen-bond donors (Lipinski definition) is 5. The van der Waals surface area contributed by atoms with Gasteiger partial charge < -0.3 is 60.3 Å². The van der Waals surface area contributed by atoms with Gasteiger partial charge in [0.25, 0.3) is 11.8 Å². The highest BCUT2D eigenvalue weighted by atomic mass is 35.5. The molecule has 0 saturated carbocycles. The first-order chi connectivity index (χ1) is 43.3. The van der Waals surface area contributed by atoms with Crippen molar-refractivity contribution in [1.29, 1.82) is 0 Å². The number of amides is 8. The molecule has 0 radical (unpaired) electrons. The van der Waals surface area contributed by atoms with Crippen molar-refractivity contribution in [1.82, 2.24) is 25.8 Å². The molecular formula is C66H89Cl2N7O16S. The number of nitrogens with zero attached hydrogens (tertiary/aromatic N) is 3. The van der Waals surface area contributed by atoms with E-state index in [0.29, 0.717) is 55.0 Å². The number of halogens is 2. The third kappa shape index (κ3) is 18.1. The summed E-state index contributed by atoms with van der Waals surface area (Å²) in [6.45, 7) is 12.6. The van der Waals surface area contributed by atoms with E-state index in [1.165, 1.54) is 64.2 Å². The summed E-state index contributed by atoms with van der Waals surface area (Å²) in [4.78, 5) is 140. The molecule has 8 amide bonds. The quantitative estimate of drug-likeness (QED) is 0.0217. The van der Waals surface area contributed by atoms with Crippen LogP contribution in [0.3, 0.4) is 0 Å². The first-order valence-electron chi connectivity index (χ1n) is 31.1. The molecule has 2 aromatic rings. The molecule has 4 heterocycles. The first-order valence-corrected chi connectivity index (χ1v) is 32.3. The Morgan fingerprint density at radius 2 is 1.68 bits per heavy atom. The maximum Gasteiger partial charge on any atom is 0.328 e. The van der Waals surface area contributed by atoms with E-state index in [9.17, 15) is 53.1 Å². The molecule has 11 atom stereocenters. The largest absolute Gasteiger partial charge is 0.495 e. The minimum Gasteiger partial charge on any atom is -0.495 e. The highest BCUT2D eigenvalue weighted by Gasteiger charge is 2.64. The number of allylic oxidation sites excluding steroid dienone is 3. The fraction of sp³-hybridized carbons (Fsp3) is 0.591. The number of methoxy groups -OCH3 is 2. The molecule has 4 aliphatic heterocycles. The Bertz CT molecular complexity index is 3230. The number of nitrogens with one attached hydrogen (secondary N) is 3. The summed E-state index contributed by atoms with van der Waals surface area (Å²) >= 11 is 19.6. The lowest BCUT2D eigenvalue weighted by molar-refractivity contribution is -0.187. The number of primary amides is 1. The minimum absolute atomic E-state index is 0.0464. The number of esters is 2. The molecule has 0 spiro atoms. The number of carbonyl (C=O) groups excluding carboxylic acids is 10. The Morgan fingerprint density at radius 1 is 0.978 bits per heavy atom. The second kappa shape index (κ2) is 32.3. The van der Waals surface area contributed by atoms with E-state index < -0.39 is 120 Å². The van der Waals surface area contributed by atoms with E-state index in [2.05, 4.69) is 16.0 Å². The molecule has 4 aliphatic rings. The summed E-state index contributed by atoms with van der Waals surface area (Å²) < 4.78 is 29.9. The van der Waals surface area contributed by atoms with Crippen molar-refractivity contribution < 1.29 is 76.7 Å². The first kappa shape index (κ1) is 74.2. The van der Waals surface area contributed by atoms with Gasteiger partial charge in [0.2, 0.25) is 23.6 Å². The number of anilines is 1. The normalized spacial score (nSPS) is 25.3. The van der Waals surface area contributed by atoms with Crippen LogP contribution in [0.4, 0.5) is 10.5 Å². The number of benzene rings is 2. The van der Waals surface area contributed by atoms with Gasteiger partial charge in [-0.3, -0.25) is 43.3 Å². The fourth-order valence-corrected chi connectivity index (χ4v) is 13.2. The molecule has 504 valence electrons. The number of imide groups is 1. The molecule has 4 bridgehead atoms. The van der Waals surface area contributed by atoms with Gasteiger partial charge in [-0.1, -0.05) is 99.4 Å². The van der Waals surface area contributed by atoms with Crippen LogP contribution >= 0.6 is 35.4 Å². The van der Waals surface area contributed by atoms with E-state index in [-0.39, 0.29) is 95.5 Å². The number of nitrogens with two attached hydrogens (primary N) is 1. The number of fused-ring (bicyclic) bond motifs is 5. The van der Waals surface area contributed by atoms with Crippen LogP contribution in [0.1, 0.15) is 151 Å². The van der Waals surface area contributed by atoms with Crippen LogP contribution in [0.5, 0.6) is 5.75 Å². The van der Waals surface area contributed by atoms with Crippen molar-refractivity contribution in [3.05, 3.63) is 80.4 Å². The summed E-state index contributed by atoms with van der Waals surface area (Å²) in [5, 5.41) is 19.8. The number of rotatable bonds is 25. The smallest absolute Gasteiger partial charge is 0.328 e. The summed E-state index contributed by atoms with van der Waals surface area (Å²) in [6.07, 6.45) is 3.57. The molecular weight excluding hydrogens is 1250 g/mol. The van der Waals surface area contributed by atoms with Crippen LogP contribution in [0.25, 0.3) is 0 Å². The summed E-state index contributed by atoms with van der Waals surface area (Å²) in [7, 11) is 7.04. The summed E-state index contributed by atoms with van der Waals surface area (Å²) in [6, 6.07) is 2.88. The van der Waals surface area contributed by atoms with E-state index in [1.54, 1.807) is 45.1 Å². The number of likely N-dealkylation sites (N-methyl/N-ethyl adjacent to an activating group) is 1. The van der Waals surface area contributed by atoms with Crippen LogP contribution < -0.4 is 31.3 Å². The van der Waals surface area contributed by atoms with Gasteiger partial charge in [0.15, 0.2) is 5.78 Å². The number of ether oxygens (including phenoxy) is 5. The van der Waals surface area contributed by atoms with Gasteiger partial charge in [-0.15, -0.1) is 0 Å². The summed E-state index contributed by atoms with van der Waals surface area (Å²) in [5.41, 5.74) is 3.78. The molecule has 0 aliphatic carbocycles. The van der Waals surface area contributed by atoms with E-state index >= 15 is 0 Å². The van der Waals surface area contributed by atoms with Gasteiger partial charge in [-0.05, 0) is 106 Å². The Hall–Kier alpha value is -6.83. The minimum atomic E-state index is -1.69. The zero-order chi connectivity index (χ0) is 68.3. The average Bonchev–Trinajstić information content (AvgIpc) is 1.57. The molecule has 92 heavy (non-hydrogen) atoms. The molecule has 1 unspecified atom stereocenters. The zero-order valence-corrected chi connectivity index (χ0v) is 56.9. The van der Waals surface area contributed by atoms with Crippen molar-refractivity contribution in [2.24, 2.45) is 29.4 Å². The average molecular weight is 1340 g/mol. The number of thiocarbonyl (C=S) groups is 1. The van der Waals surface area contributed by atoms with Gasteiger partial charge in [-0.25, -0.2) is 9.59 Å². The Balaban J connectivity index is 1.22. The van der Waals surface area contributed by atoms with Crippen LogP contribution in [0.2, 0.25) is 10.0 Å². The lowest BCUT2D eigenvalue weighted by atomic mass is 9.78. The van der Waals surface area contributed by atoms with Gasteiger partial charge >= 0.3 is 18.0 Å². The number of unbranched alkanes of at least 4 members (excludes halogenated alkanes) is 2. The van der Waals surface area contributed by atoms with Gasteiger partial charge in [-0.2, -0.15) is 0 Å². The lowest BCUT2D eigenvalue weighted by Gasteiger charge is -2.41. The van der Waals surface area contributed by atoms with Crippen molar-refractivity contribution in [2.75, 3.05) is 53.4 Å². The molecule has 3 saturated heterocycles. The van der Waals surface area contributed by atoms with Crippen LogP contribution in [-0.2, 0) is 65.4 Å². The third-order valence-electron chi connectivity index (χ3n) is 18.1. The zero-order valence-electron chi connectivity index (χ0n) is 54.6. The predicted molar refractivity (Wildman–Crippen MR) is 348 cm³/mol.